The Balaban J connectivity index is 1.54. The van der Waals surface area contributed by atoms with Crippen LogP contribution in [-0.4, -0.2) is 34.1 Å². The van der Waals surface area contributed by atoms with E-state index in [9.17, 15) is 9.59 Å². The molecule has 6 heteroatoms. The zero-order valence-corrected chi connectivity index (χ0v) is 19.7. The summed E-state index contributed by atoms with van der Waals surface area (Å²) in [6.45, 7) is 2.97. The molecule has 1 aromatic heterocycles. The van der Waals surface area contributed by atoms with E-state index in [1.807, 2.05) is 30.3 Å². The SMILES string of the molecule is CCc1ccc(-c2nn(C[C@H]3CC[C@@H](COCC(=O)O)CC3)c(=O)cc2-c2ccccc2)cc1. The lowest BCUT2D eigenvalue weighted by atomic mass is 9.82. The number of carboxylic acid groups (broad SMARTS) is 1. The lowest BCUT2D eigenvalue weighted by molar-refractivity contribution is -0.142. The molecule has 1 saturated carbocycles. The normalized spacial score (nSPS) is 18.0. The van der Waals surface area contributed by atoms with Gasteiger partial charge in [0.15, 0.2) is 0 Å². The summed E-state index contributed by atoms with van der Waals surface area (Å²) in [5.74, 6) is -0.176. The maximum Gasteiger partial charge on any atom is 0.329 e. The fourth-order valence-corrected chi connectivity index (χ4v) is 4.71. The molecule has 3 aromatic rings. The molecular formula is C28H32N2O4. The van der Waals surface area contributed by atoms with Crippen LogP contribution in [0.4, 0.5) is 0 Å². The van der Waals surface area contributed by atoms with Gasteiger partial charge in [0.25, 0.3) is 5.56 Å². The third-order valence-corrected chi connectivity index (χ3v) is 6.70. The minimum atomic E-state index is -0.932. The Morgan fingerprint density at radius 2 is 1.68 bits per heavy atom. The van der Waals surface area contributed by atoms with Gasteiger partial charge in [-0.05, 0) is 55.1 Å². The van der Waals surface area contributed by atoms with Gasteiger partial charge >= 0.3 is 5.97 Å². The molecule has 0 atom stereocenters. The Morgan fingerprint density at radius 1 is 1.00 bits per heavy atom. The van der Waals surface area contributed by atoms with Crippen LogP contribution in [0.1, 0.15) is 38.2 Å². The molecule has 1 aliphatic rings. The zero-order valence-electron chi connectivity index (χ0n) is 19.7. The first-order chi connectivity index (χ1) is 16.5. The standard InChI is InChI=1S/C28H32N2O4/c1-2-20-12-14-24(15-13-20)28-25(23-6-4-3-5-7-23)16-26(31)30(29-28)17-21-8-10-22(11-9-21)18-34-19-27(32)33/h3-7,12-16,21-22H,2,8-11,17-19H2,1H3,(H,32,33)/t21-,22+. The maximum atomic E-state index is 13.1. The number of aryl methyl sites for hydroxylation is 1. The van der Waals surface area contributed by atoms with Crippen LogP contribution in [0.25, 0.3) is 22.4 Å². The summed E-state index contributed by atoms with van der Waals surface area (Å²) in [5.41, 5.74) is 4.84. The number of nitrogens with zero attached hydrogens (tertiary/aromatic N) is 2. The van der Waals surface area contributed by atoms with Gasteiger partial charge in [0.1, 0.15) is 6.61 Å². The van der Waals surface area contributed by atoms with Gasteiger partial charge < -0.3 is 9.84 Å². The fraction of sp³-hybridized carbons (Fsp3) is 0.393. The molecule has 0 aliphatic heterocycles. The topological polar surface area (TPSA) is 81.4 Å². The van der Waals surface area contributed by atoms with Crippen molar-refractivity contribution in [1.29, 1.82) is 0 Å². The molecule has 1 aliphatic carbocycles. The van der Waals surface area contributed by atoms with Gasteiger partial charge in [-0.3, -0.25) is 4.79 Å². The van der Waals surface area contributed by atoms with Crippen molar-refractivity contribution in [2.24, 2.45) is 11.8 Å². The highest BCUT2D eigenvalue weighted by atomic mass is 16.5. The van der Waals surface area contributed by atoms with Gasteiger partial charge in [-0.15, -0.1) is 0 Å². The molecule has 2 aromatic carbocycles. The van der Waals surface area contributed by atoms with Crippen molar-refractivity contribution < 1.29 is 14.6 Å². The highest BCUT2D eigenvalue weighted by Crippen LogP contribution is 2.32. The smallest absolute Gasteiger partial charge is 0.329 e. The van der Waals surface area contributed by atoms with Crippen LogP contribution in [0.2, 0.25) is 0 Å². The van der Waals surface area contributed by atoms with E-state index in [4.69, 9.17) is 14.9 Å². The Labute approximate surface area is 200 Å². The molecule has 1 N–H and O–H groups in total. The summed E-state index contributed by atoms with van der Waals surface area (Å²) in [4.78, 5) is 23.7. The first-order valence-electron chi connectivity index (χ1n) is 12.1. The second-order valence-corrected chi connectivity index (χ2v) is 9.14. The Morgan fingerprint density at radius 3 is 2.32 bits per heavy atom. The molecule has 0 spiro atoms. The van der Waals surface area contributed by atoms with Gasteiger partial charge in [0.2, 0.25) is 0 Å². The Kier molecular flexibility index (Phi) is 7.91. The number of carbonyl (C=O) groups is 1. The minimum absolute atomic E-state index is 0.0836. The Bertz CT molecular complexity index is 1150. The predicted molar refractivity (Wildman–Crippen MR) is 133 cm³/mol. The van der Waals surface area contributed by atoms with E-state index in [1.54, 1.807) is 10.7 Å². The second-order valence-electron chi connectivity index (χ2n) is 9.14. The molecule has 1 fully saturated rings. The van der Waals surface area contributed by atoms with Gasteiger partial charge in [-0.2, -0.15) is 5.10 Å². The number of hydrogen-bond donors (Lipinski definition) is 1. The summed E-state index contributed by atoms with van der Waals surface area (Å²) in [7, 11) is 0. The third kappa shape index (κ3) is 6.00. The van der Waals surface area contributed by atoms with E-state index >= 15 is 0 Å². The van der Waals surface area contributed by atoms with Crippen molar-refractivity contribution in [3.05, 3.63) is 76.6 Å². The highest BCUT2D eigenvalue weighted by molar-refractivity contribution is 5.80. The first-order valence-corrected chi connectivity index (χ1v) is 12.1. The highest BCUT2D eigenvalue weighted by Gasteiger charge is 2.23. The van der Waals surface area contributed by atoms with Crippen LogP contribution in [-0.2, 0) is 22.5 Å². The third-order valence-electron chi connectivity index (χ3n) is 6.70. The maximum absolute atomic E-state index is 13.1. The first kappa shape index (κ1) is 23.9. The van der Waals surface area contributed by atoms with E-state index in [0.29, 0.717) is 25.0 Å². The molecule has 1 heterocycles. The van der Waals surface area contributed by atoms with Gasteiger partial charge in [-0.25, -0.2) is 9.48 Å². The largest absolute Gasteiger partial charge is 0.480 e. The monoisotopic (exact) mass is 460 g/mol. The lowest BCUT2D eigenvalue weighted by Gasteiger charge is -2.28. The molecule has 6 nitrogen and oxygen atoms in total. The molecule has 0 unspecified atom stereocenters. The number of ether oxygens (including phenoxy) is 1. The molecule has 0 radical (unpaired) electrons. The molecule has 0 saturated heterocycles. The van der Waals surface area contributed by atoms with Crippen molar-refractivity contribution in [3.63, 3.8) is 0 Å². The van der Waals surface area contributed by atoms with Crippen LogP contribution in [0, 0.1) is 11.8 Å². The number of rotatable bonds is 9. The fourth-order valence-electron chi connectivity index (χ4n) is 4.71. The summed E-state index contributed by atoms with van der Waals surface area (Å²) < 4.78 is 6.90. The molecule has 4 rings (SSSR count). The van der Waals surface area contributed by atoms with E-state index in [1.165, 1.54) is 5.56 Å². The summed E-state index contributed by atoms with van der Waals surface area (Å²) in [6.07, 6.45) is 4.90. The number of aromatic nitrogens is 2. The van der Waals surface area contributed by atoms with Gasteiger partial charge in [-0.1, -0.05) is 61.5 Å². The van der Waals surface area contributed by atoms with E-state index in [2.05, 4.69) is 31.2 Å². The minimum Gasteiger partial charge on any atom is -0.480 e. The van der Waals surface area contributed by atoms with Crippen LogP contribution in [0.3, 0.4) is 0 Å². The summed E-state index contributed by atoms with van der Waals surface area (Å²) in [5, 5.41) is 13.6. The van der Waals surface area contributed by atoms with E-state index in [-0.39, 0.29) is 12.2 Å². The van der Waals surface area contributed by atoms with Crippen LogP contribution in [0.15, 0.2) is 65.5 Å². The van der Waals surface area contributed by atoms with Crippen molar-refractivity contribution in [2.45, 2.75) is 45.6 Å². The van der Waals surface area contributed by atoms with Crippen molar-refractivity contribution in [3.8, 4) is 22.4 Å². The molecule has 34 heavy (non-hydrogen) atoms. The molecular weight excluding hydrogens is 428 g/mol. The number of hydrogen-bond acceptors (Lipinski definition) is 4. The quantitative estimate of drug-likeness (QED) is 0.483. The van der Waals surface area contributed by atoms with Gasteiger partial charge in [0.05, 0.1) is 12.3 Å². The number of aliphatic carboxylic acids is 1. The number of benzene rings is 2. The molecule has 0 bridgehead atoms. The van der Waals surface area contributed by atoms with Crippen LogP contribution in [0.5, 0.6) is 0 Å². The van der Waals surface area contributed by atoms with E-state index < -0.39 is 5.97 Å². The Hall–Kier alpha value is -3.25. The predicted octanol–water partition coefficient (Wildman–Crippen LogP) is 5.05. The van der Waals surface area contributed by atoms with Crippen molar-refractivity contribution in [2.75, 3.05) is 13.2 Å². The van der Waals surface area contributed by atoms with E-state index in [0.717, 1.165) is 54.5 Å². The van der Waals surface area contributed by atoms with Crippen molar-refractivity contribution >= 4 is 5.97 Å². The molecule has 0 amide bonds. The summed E-state index contributed by atoms with van der Waals surface area (Å²) >= 11 is 0. The molecule has 178 valence electrons. The lowest BCUT2D eigenvalue weighted by Crippen LogP contribution is -2.29. The van der Waals surface area contributed by atoms with Gasteiger partial charge in [0, 0.05) is 23.7 Å². The van der Waals surface area contributed by atoms with Crippen molar-refractivity contribution in [1.82, 2.24) is 9.78 Å². The zero-order chi connectivity index (χ0) is 23.9. The second kappa shape index (κ2) is 11.3. The van der Waals surface area contributed by atoms with Crippen LogP contribution >= 0.6 is 0 Å². The number of carboxylic acids is 1. The summed E-state index contributed by atoms with van der Waals surface area (Å²) in [6, 6.07) is 20.1. The average molecular weight is 461 g/mol. The van der Waals surface area contributed by atoms with Crippen LogP contribution < -0.4 is 5.56 Å². The average Bonchev–Trinajstić information content (AvgIpc) is 2.86.